The summed E-state index contributed by atoms with van der Waals surface area (Å²) in [6.07, 6.45) is 1.07. The van der Waals surface area contributed by atoms with E-state index in [9.17, 15) is 4.79 Å². The van der Waals surface area contributed by atoms with E-state index in [1.165, 1.54) is 0 Å². The Morgan fingerprint density at radius 2 is 2.25 bits per heavy atom. The molecule has 1 amide bonds. The molecule has 3 N–H and O–H groups in total. The summed E-state index contributed by atoms with van der Waals surface area (Å²) in [5, 5.41) is 2.72. The van der Waals surface area contributed by atoms with Crippen LogP contribution in [0.1, 0.15) is 13.3 Å². The van der Waals surface area contributed by atoms with Crippen LogP contribution in [-0.2, 0) is 4.79 Å². The summed E-state index contributed by atoms with van der Waals surface area (Å²) < 4.78 is 0. The number of hydrogen-bond acceptors (Lipinski definition) is 3. The minimum absolute atomic E-state index is 0.0522. The minimum Gasteiger partial charge on any atom is -0.354 e. The van der Waals surface area contributed by atoms with E-state index in [1.54, 1.807) is 0 Å². The largest absolute Gasteiger partial charge is 0.354 e. The van der Waals surface area contributed by atoms with E-state index in [0.717, 1.165) is 13.0 Å². The average molecular weight is 173 g/mol. The maximum absolute atomic E-state index is 11.1. The Bertz CT molecular complexity index is 127. The number of nitrogens with one attached hydrogen (secondary N) is 1. The zero-order valence-corrected chi connectivity index (χ0v) is 7.97. The van der Waals surface area contributed by atoms with Crippen molar-refractivity contribution in [1.82, 2.24) is 10.2 Å². The summed E-state index contributed by atoms with van der Waals surface area (Å²) in [7, 11) is 1.94. The molecule has 0 aromatic carbocycles. The molecule has 0 radical (unpaired) electrons. The van der Waals surface area contributed by atoms with Crippen LogP contribution in [0.2, 0.25) is 0 Å². The Balaban J connectivity index is 3.40. The van der Waals surface area contributed by atoms with Gasteiger partial charge in [0, 0.05) is 13.1 Å². The Labute approximate surface area is 74.1 Å². The lowest BCUT2D eigenvalue weighted by Crippen LogP contribution is -2.37. The highest BCUT2D eigenvalue weighted by Gasteiger charge is 2.03. The zero-order chi connectivity index (χ0) is 9.40. The molecule has 0 aromatic rings. The third kappa shape index (κ3) is 6.12. The first-order valence-electron chi connectivity index (χ1n) is 4.36. The number of carbonyl (C=O) groups excluding carboxylic acids is 1. The van der Waals surface area contributed by atoms with Crippen LogP contribution in [0.5, 0.6) is 0 Å². The van der Waals surface area contributed by atoms with Gasteiger partial charge >= 0.3 is 0 Å². The minimum atomic E-state index is 0.0522. The van der Waals surface area contributed by atoms with Crippen LogP contribution in [0.15, 0.2) is 0 Å². The molecule has 0 rings (SSSR count). The highest BCUT2D eigenvalue weighted by atomic mass is 16.2. The van der Waals surface area contributed by atoms with Crippen molar-refractivity contribution in [2.75, 3.05) is 33.2 Å². The number of nitrogens with zero attached hydrogens (tertiary/aromatic N) is 1. The first-order chi connectivity index (χ1) is 5.70. The van der Waals surface area contributed by atoms with Crippen LogP contribution < -0.4 is 11.1 Å². The smallest absolute Gasteiger partial charge is 0.234 e. The van der Waals surface area contributed by atoms with Crippen LogP contribution in [0.25, 0.3) is 0 Å². The number of rotatable bonds is 6. The van der Waals surface area contributed by atoms with Gasteiger partial charge in [-0.3, -0.25) is 9.69 Å². The van der Waals surface area contributed by atoms with Crippen LogP contribution in [-0.4, -0.2) is 44.0 Å². The van der Waals surface area contributed by atoms with Crippen LogP contribution in [0.3, 0.4) is 0 Å². The number of hydrogen-bond donors (Lipinski definition) is 2. The molecule has 0 fully saturated rings. The highest BCUT2D eigenvalue weighted by molar-refractivity contribution is 5.77. The molecule has 4 heteroatoms. The zero-order valence-electron chi connectivity index (χ0n) is 7.97. The van der Waals surface area contributed by atoms with Crippen molar-refractivity contribution < 1.29 is 4.79 Å². The lowest BCUT2D eigenvalue weighted by Gasteiger charge is -2.14. The van der Waals surface area contributed by atoms with Crippen molar-refractivity contribution >= 4 is 5.91 Å². The van der Waals surface area contributed by atoms with E-state index in [0.29, 0.717) is 19.6 Å². The standard InChI is InChI=1S/C8H19N3O/c1-3-6-11(2)7-8(12)10-5-4-9/h3-7,9H2,1-2H3,(H,10,12). The number of carbonyl (C=O) groups is 1. The van der Waals surface area contributed by atoms with Crippen molar-refractivity contribution in [3.05, 3.63) is 0 Å². The van der Waals surface area contributed by atoms with Gasteiger partial charge in [0.25, 0.3) is 0 Å². The van der Waals surface area contributed by atoms with Crippen LogP contribution >= 0.6 is 0 Å². The fraction of sp³-hybridized carbons (Fsp3) is 0.875. The van der Waals surface area contributed by atoms with Gasteiger partial charge in [0.05, 0.1) is 6.54 Å². The molecule has 0 saturated carbocycles. The van der Waals surface area contributed by atoms with Gasteiger partial charge in [0.1, 0.15) is 0 Å². The maximum Gasteiger partial charge on any atom is 0.234 e. The third-order valence-corrected chi connectivity index (χ3v) is 1.49. The second kappa shape index (κ2) is 7.06. The average Bonchev–Trinajstić information content (AvgIpc) is 2.01. The van der Waals surface area contributed by atoms with Gasteiger partial charge in [0.15, 0.2) is 0 Å². The van der Waals surface area contributed by atoms with E-state index in [2.05, 4.69) is 12.2 Å². The first kappa shape index (κ1) is 11.4. The molecule has 0 aliphatic carbocycles. The fourth-order valence-electron chi connectivity index (χ4n) is 0.973. The predicted molar refractivity (Wildman–Crippen MR) is 49.9 cm³/mol. The van der Waals surface area contributed by atoms with Crippen molar-refractivity contribution in [2.24, 2.45) is 5.73 Å². The van der Waals surface area contributed by atoms with Gasteiger partial charge in [-0.05, 0) is 20.0 Å². The summed E-state index contributed by atoms with van der Waals surface area (Å²) in [6.45, 7) is 4.58. The van der Waals surface area contributed by atoms with Crippen molar-refractivity contribution in [3.8, 4) is 0 Å². The fourth-order valence-corrected chi connectivity index (χ4v) is 0.973. The molecule has 72 valence electrons. The monoisotopic (exact) mass is 173 g/mol. The Morgan fingerprint density at radius 3 is 2.75 bits per heavy atom. The topological polar surface area (TPSA) is 58.4 Å². The van der Waals surface area contributed by atoms with Gasteiger partial charge in [-0.25, -0.2) is 0 Å². The molecule has 12 heavy (non-hydrogen) atoms. The molecule has 0 aliphatic heterocycles. The number of nitrogens with two attached hydrogens (primary N) is 1. The van der Waals surface area contributed by atoms with Crippen LogP contribution in [0.4, 0.5) is 0 Å². The summed E-state index contributed by atoms with van der Waals surface area (Å²) in [5.74, 6) is 0.0522. The Kier molecular flexibility index (Phi) is 6.70. The molecule has 0 spiro atoms. The lowest BCUT2D eigenvalue weighted by atomic mass is 10.4. The molecule has 4 nitrogen and oxygen atoms in total. The van der Waals surface area contributed by atoms with Gasteiger partial charge < -0.3 is 11.1 Å². The normalized spacial score (nSPS) is 10.3. The van der Waals surface area contributed by atoms with E-state index in [4.69, 9.17) is 5.73 Å². The summed E-state index contributed by atoms with van der Waals surface area (Å²) in [6, 6.07) is 0. The van der Waals surface area contributed by atoms with Crippen molar-refractivity contribution in [2.45, 2.75) is 13.3 Å². The first-order valence-corrected chi connectivity index (χ1v) is 4.36. The summed E-state index contributed by atoms with van der Waals surface area (Å²) in [5.41, 5.74) is 5.24. The maximum atomic E-state index is 11.1. The molecule has 0 atom stereocenters. The van der Waals surface area contributed by atoms with Gasteiger partial charge in [-0.1, -0.05) is 6.92 Å². The molecule has 0 aliphatic rings. The Morgan fingerprint density at radius 1 is 1.58 bits per heavy atom. The second-order valence-electron chi connectivity index (χ2n) is 2.88. The molecule has 0 saturated heterocycles. The predicted octanol–water partition coefficient (Wildman–Crippen LogP) is -0.597. The summed E-state index contributed by atoms with van der Waals surface area (Å²) in [4.78, 5) is 13.1. The molecule has 0 aromatic heterocycles. The quantitative estimate of drug-likeness (QED) is 0.564. The van der Waals surface area contributed by atoms with Gasteiger partial charge in [-0.15, -0.1) is 0 Å². The number of likely N-dealkylation sites (N-methyl/N-ethyl adjacent to an activating group) is 1. The van der Waals surface area contributed by atoms with E-state index in [-0.39, 0.29) is 5.91 Å². The van der Waals surface area contributed by atoms with E-state index >= 15 is 0 Å². The van der Waals surface area contributed by atoms with Crippen molar-refractivity contribution in [1.29, 1.82) is 0 Å². The SMILES string of the molecule is CCCN(C)CC(=O)NCCN. The van der Waals surface area contributed by atoms with Gasteiger partial charge in [0.2, 0.25) is 5.91 Å². The molecular formula is C8H19N3O. The third-order valence-electron chi connectivity index (χ3n) is 1.49. The molecule has 0 heterocycles. The second-order valence-corrected chi connectivity index (χ2v) is 2.88. The van der Waals surface area contributed by atoms with Crippen LogP contribution in [0, 0.1) is 0 Å². The van der Waals surface area contributed by atoms with Gasteiger partial charge in [-0.2, -0.15) is 0 Å². The molecule has 0 unspecified atom stereocenters. The lowest BCUT2D eigenvalue weighted by molar-refractivity contribution is -0.121. The molecule has 0 bridgehead atoms. The summed E-state index contributed by atoms with van der Waals surface area (Å²) >= 11 is 0. The highest BCUT2D eigenvalue weighted by Crippen LogP contribution is 1.84. The Hall–Kier alpha value is -0.610. The van der Waals surface area contributed by atoms with Crippen molar-refractivity contribution in [3.63, 3.8) is 0 Å². The molecular weight excluding hydrogens is 154 g/mol. The number of amides is 1. The van der Waals surface area contributed by atoms with E-state index < -0.39 is 0 Å². The van der Waals surface area contributed by atoms with E-state index in [1.807, 2.05) is 11.9 Å².